The second-order valence-electron chi connectivity index (χ2n) is 16.4. The van der Waals surface area contributed by atoms with Gasteiger partial charge in [-0.3, -0.25) is 0 Å². The Bertz CT molecular complexity index is 4230. The molecule has 0 aliphatic rings. The molecule has 292 valence electrons. The number of para-hydroxylation sites is 1. The summed E-state index contributed by atoms with van der Waals surface area (Å²) in [6.07, 6.45) is 0. The van der Waals surface area contributed by atoms with Crippen LogP contribution in [0.2, 0.25) is 0 Å². The molecule has 14 rings (SSSR count). The highest BCUT2D eigenvalue weighted by Crippen LogP contribution is 2.44. The molecule has 0 aliphatic carbocycles. The number of rotatable bonds is 4. The normalized spacial score (nSPS) is 12.1. The maximum absolute atomic E-state index is 6.86. The molecule has 0 fully saturated rings. The van der Waals surface area contributed by atoms with Gasteiger partial charge in [0.1, 0.15) is 11.2 Å². The first kappa shape index (κ1) is 34.5. The number of thiophene rings is 1. The molecule has 63 heavy (non-hydrogen) atoms. The molecule has 0 saturated carbocycles. The Kier molecular flexibility index (Phi) is 7.21. The summed E-state index contributed by atoms with van der Waals surface area (Å²) in [6, 6.07) is 69.2. The average Bonchev–Trinajstić information content (AvgIpc) is 4.02. The van der Waals surface area contributed by atoms with Crippen LogP contribution in [0.25, 0.3) is 136 Å². The van der Waals surface area contributed by atoms with Gasteiger partial charge in [-0.2, -0.15) is 0 Å². The summed E-state index contributed by atoms with van der Waals surface area (Å²) < 4.78 is 11.7. The zero-order chi connectivity index (χ0) is 41.2. The number of nitrogens with zero attached hydrogens (tertiary/aromatic N) is 4. The lowest BCUT2D eigenvalue weighted by Gasteiger charge is -2.14. The third kappa shape index (κ3) is 5.19. The predicted molar refractivity (Wildman–Crippen MR) is 263 cm³/mol. The molecule has 0 spiro atoms. The van der Waals surface area contributed by atoms with Crippen LogP contribution in [0.3, 0.4) is 0 Å². The molecule has 0 amide bonds. The van der Waals surface area contributed by atoms with Gasteiger partial charge in [0.05, 0.1) is 16.6 Å². The average molecular weight is 821 g/mol. The Balaban J connectivity index is 1.11. The van der Waals surface area contributed by atoms with E-state index in [0.717, 1.165) is 70.8 Å². The molecule has 0 radical (unpaired) electrons. The molecule has 0 atom stereocenters. The molecule has 4 heterocycles. The van der Waals surface area contributed by atoms with Gasteiger partial charge in [-0.05, 0) is 75.5 Å². The molecule has 10 aromatic carbocycles. The Morgan fingerprint density at radius 3 is 1.90 bits per heavy atom. The fourth-order valence-electron chi connectivity index (χ4n) is 9.84. The quantitative estimate of drug-likeness (QED) is 0.177. The van der Waals surface area contributed by atoms with Crippen LogP contribution in [-0.4, -0.2) is 19.5 Å². The summed E-state index contributed by atoms with van der Waals surface area (Å²) >= 11 is 1.78. The molecule has 0 unspecified atom stereocenters. The minimum atomic E-state index is 0.545. The number of benzene rings is 10. The Hall–Kier alpha value is -8.19. The van der Waals surface area contributed by atoms with Crippen molar-refractivity contribution in [2.24, 2.45) is 0 Å². The molecule has 0 N–H and O–H groups in total. The molecule has 0 aliphatic heterocycles. The van der Waals surface area contributed by atoms with Crippen molar-refractivity contribution in [3.05, 3.63) is 194 Å². The number of hydrogen-bond donors (Lipinski definition) is 0. The first-order valence-electron chi connectivity index (χ1n) is 21.2. The van der Waals surface area contributed by atoms with Crippen LogP contribution in [0.1, 0.15) is 0 Å². The zero-order valence-corrected chi connectivity index (χ0v) is 34.4. The van der Waals surface area contributed by atoms with Gasteiger partial charge >= 0.3 is 0 Å². The van der Waals surface area contributed by atoms with Crippen LogP contribution in [0, 0.1) is 0 Å². The first-order chi connectivity index (χ1) is 31.2. The van der Waals surface area contributed by atoms with E-state index in [1.807, 2.05) is 12.1 Å². The van der Waals surface area contributed by atoms with E-state index < -0.39 is 0 Å². The van der Waals surface area contributed by atoms with Gasteiger partial charge in [0, 0.05) is 63.9 Å². The van der Waals surface area contributed by atoms with Gasteiger partial charge in [-0.15, -0.1) is 11.3 Å². The van der Waals surface area contributed by atoms with Crippen LogP contribution >= 0.6 is 11.3 Å². The lowest BCUT2D eigenvalue weighted by Crippen LogP contribution is -2.02. The lowest BCUT2D eigenvalue weighted by molar-refractivity contribution is 0.669. The van der Waals surface area contributed by atoms with E-state index in [4.69, 9.17) is 19.4 Å². The van der Waals surface area contributed by atoms with Crippen molar-refractivity contribution in [2.75, 3.05) is 0 Å². The van der Waals surface area contributed by atoms with Gasteiger partial charge in [0.2, 0.25) is 0 Å². The molecule has 14 aromatic rings. The summed E-state index contributed by atoms with van der Waals surface area (Å²) in [7, 11) is 0. The third-order valence-electron chi connectivity index (χ3n) is 12.8. The summed E-state index contributed by atoms with van der Waals surface area (Å²) in [5.74, 6) is 1.76. The molecular weight excluding hydrogens is 789 g/mol. The minimum absolute atomic E-state index is 0.545. The number of fused-ring (bicyclic) bond motifs is 13. The predicted octanol–water partition coefficient (Wildman–Crippen LogP) is 15.7. The second kappa shape index (κ2) is 13.2. The van der Waals surface area contributed by atoms with E-state index in [1.165, 1.54) is 47.8 Å². The highest BCUT2D eigenvalue weighted by molar-refractivity contribution is 7.26. The summed E-state index contributed by atoms with van der Waals surface area (Å²) in [5, 5.41) is 13.9. The van der Waals surface area contributed by atoms with Gasteiger partial charge in [-0.1, -0.05) is 146 Å². The first-order valence-corrected chi connectivity index (χ1v) is 22.0. The summed E-state index contributed by atoms with van der Waals surface area (Å²) in [4.78, 5) is 16.2. The maximum Gasteiger partial charge on any atom is 0.167 e. The fraction of sp³-hybridized carbons (Fsp3) is 0. The molecule has 0 bridgehead atoms. The van der Waals surface area contributed by atoms with Gasteiger partial charge in [0.25, 0.3) is 0 Å². The van der Waals surface area contributed by atoms with Crippen molar-refractivity contribution in [2.45, 2.75) is 0 Å². The van der Waals surface area contributed by atoms with Crippen molar-refractivity contribution in [3.63, 3.8) is 0 Å². The minimum Gasteiger partial charge on any atom is -0.455 e. The SMILES string of the molecule is c1ccc2cc(-c3nc(-c4cc(-n5c6cc7ccccc7cc6c6ccc7ccccc7c65)cc5c4oc4ccccc45)nc(-c4cccc5c4sc4ccccc45)n3)ccc2c1. The lowest BCUT2D eigenvalue weighted by atomic mass is 10.0. The molecule has 6 heteroatoms. The van der Waals surface area contributed by atoms with E-state index in [9.17, 15) is 0 Å². The van der Waals surface area contributed by atoms with Crippen molar-refractivity contribution in [1.29, 1.82) is 0 Å². The van der Waals surface area contributed by atoms with E-state index >= 15 is 0 Å². The molecule has 0 saturated heterocycles. The number of hydrogen-bond acceptors (Lipinski definition) is 5. The number of furan rings is 1. The van der Waals surface area contributed by atoms with Gasteiger partial charge < -0.3 is 8.98 Å². The fourth-order valence-corrected chi connectivity index (χ4v) is 11.0. The zero-order valence-electron chi connectivity index (χ0n) is 33.6. The Morgan fingerprint density at radius 1 is 0.397 bits per heavy atom. The van der Waals surface area contributed by atoms with Crippen molar-refractivity contribution in [3.8, 4) is 39.9 Å². The monoisotopic (exact) mass is 820 g/mol. The van der Waals surface area contributed by atoms with E-state index in [0.29, 0.717) is 17.5 Å². The Morgan fingerprint density at radius 2 is 1.05 bits per heavy atom. The van der Waals surface area contributed by atoms with Gasteiger partial charge in [-0.25, -0.2) is 15.0 Å². The van der Waals surface area contributed by atoms with Crippen LogP contribution in [-0.2, 0) is 0 Å². The summed E-state index contributed by atoms with van der Waals surface area (Å²) in [5.41, 5.74) is 7.50. The highest BCUT2D eigenvalue weighted by atomic mass is 32.1. The maximum atomic E-state index is 6.86. The van der Waals surface area contributed by atoms with Crippen molar-refractivity contribution in [1.82, 2.24) is 19.5 Å². The van der Waals surface area contributed by atoms with Crippen molar-refractivity contribution >= 4 is 108 Å². The third-order valence-corrected chi connectivity index (χ3v) is 14.0. The van der Waals surface area contributed by atoms with Crippen LogP contribution in [0.15, 0.2) is 199 Å². The van der Waals surface area contributed by atoms with Crippen LogP contribution < -0.4 is 0 Å². The topological polar surface area (TPSA) is 56.7 Å². The van der Waals surface area contributed by atoms with Crippen molar-refractivity contribution < 1.29 is 4.42 Å². The molecule has 5 nitrogen and oxygen atoms in total. The van der Waals surface area contributed by atoms with Gasteiger partial charge in [0.15, 0.2) is 17.5 Å². The summed E-state index contributed by atoms with van der Waals surface area (Å²) in [6.45, 7) is 0. The van der Waals surface area contributed by atoms with Crippen LogP contribution in [0.4, 0.5) is 0 Å². The smallest absolute Gasteiger partial charge is 0.167 e. The number of aromatic nitrogens is 4. The van der Waals surface area contributed by atoms with Crippen LogP contribution in [0.5, 0.6) is 0 Å². The highest BCUT2D eigenvalue weighted by Gasteiger charge is 2.23. The molecule has 4 aromatic heterocycles. The largest absolute Gasteiger partial charge is 0.455 e. The van der Waals surface area contributed by atoms with E-state index in [-0.39, 0.29) is 0 Å². The van der Waals surface area contributed by atoms with E-state index in [2.05, 4.69) is 187 Å². The van der Waals surface area contributed by atoms with E-state index in [1.54, 1.807) is 11.3 Å². The standard InChI is InChI=1S/C57H32N4OS/c1-2-14-35-28-38(25-24-33(35)12-1)55-58-56(45-21-11-20-44-42-19-8-10-23-51(42)63-54(44)45)60-57(59-55)48-32-39(31-47-41-18-7-9-22-50(41)62-53(47)48)61-49-30-37-16-4-3-15-36(37)29-46(49)43-27-26-34-13-5-6-17-40(34)52(43)61/h1-32H. The molecular formula is C57H32N4OS. The second-order valence-corrected chi connectivity index (χ2v) is 17.4. The Labute approximate surface area is 363 Å².